The Kier molecular flexibility index (Phi) is 10.9. The highest BCUT2D eigenvalue weighted by atomic mass is 16.5. The van der Waals surface area contributed by atoms with E-state index in [4.69, 9.17) is 24.9 Å². The average Bonchev–Trinajstić information content (AvgIpc) is 3.83. The zero-order chi connectivity index (χ0) is 38.7. The van der Waals surface area contributed by atoms with E-state index < -0.39 is 0 Å². The summed E-state index contributed by atoms with van der Waals surface area (Å²) in [5.74, 6) is 2.72. The Bertz CT molecular complexity index is 2080. The molecule has 13 heteroatoms. The number of amidine groups is 1. The molecule has 2 amide bonds. The second-order valence-corrected chi connectivity index (χ2v) is 16.5. The lowest BCUT2D eigenvalue weighted by molar-refractivity contribution is 0.0322. The normalized spacial score (nSPS) is 21.4. The highest BCUT2D eigenvalue weighted by molar-refractivity contribution is 6.05. The first-order valence-corrected chi connectivity index (χ1v) is 20.2. The summed E-state index contributed by atoms with van der Waals surface area (Å²) in [7, 11) is 0. The van der Waals surface area contributed by atoms with Crippen LogP contribution in [0.3, 0.4) is 0 Å². The Labute approximate surface area is 329 Å². The molecular formula is C43H55N9O4. The number of ether oxygens (including phenoxy) is 3. The molecule has 2 aromatic heterocycles. The molecule has 13 nitrogen and oxygen atoms in total. The molecule has 8 rings (SSSR count). The molecule has 2 aliphatic carbocycles. The molecule has 4 aromatic rings. The van der Waals surface area contributed by atoms with E-state index >= 15 is 0 Å². The summed E-state index contributed by atoms with van der Waals surface area (Å²) in [5, 5.41) is 15.3. The molecule has 1 saturated carbocycles. The number of morpholine rings is 1. The Balaban J connectivity index is 0.953. The van der Waals surface area contributed by atoms with Crippen LogP contribution in [0.4, 0.5) is 16.4 Å². The summed E-state index contributed by atoms with van der Waals surface area (Å²) < 4.78 is 20.3. The number of carbonyl (C=O) groups excluding carboxylic acids is 1. The zero-order valence-electron chi connectivity index (χ0n) is 32.9. The van der Waals surface area contributed by atoms with Gasteiger partial charge < -0.3 is 30.2 Å². The van der Waals surface area contributed by atoms with Crippen molar-refractivity contribution in [2.75, 3.05) is 50.9 Å². The van der Waals surface area contributed by atoms with Crippen molar-refractivity contribution in [1.29, 1.82) is 0 Å². The standard InChI is InChI=1S/C43H55N9O4/c1-42(2,3)37(44)28-38(45-30-9-8-10-31(27-30)55-26-23-50-21-24-54-25-22-50)47-40(53)46-35-14-15-36(34-12-5-4-11-33(34)35)56-32-13-16-39-48-49-41(51(39)29-32)52-20-7-6-17-43(52)18-19-43/h4-5,8-13,16,27-29,35-36H,6-7,14-15,17-26,44H2,1-3H3,(H2,45,46,47,53)/b37-28-/t35-,36+/m0/s1. The van der Waals surface area contributed by atoms with Gasteiger partial charge >= 0.3 is 6.03 Å². The largest absolute Gasteiger partial charge is 0.492 e. The molecule has 2 aliphatic heterocycles. The summed E-state index contributed by atoms with van der Waals surface area (Å²) in [6.45, 7) is 11.8. The predicted molar refractivity (Wildman–Crippen MR) is 218 cm³/mol. The van der Waals surface area contributed by atoms with Gasteiger partial charge in [-0.15, -0.1) is 10.2 Å². The summed E-state index contributed by atoms with van der Waals surface area (Å²) in [6, 6.07) is 19.1. The average molecular weight is 762 g/mol. The number of nitrogens with two attached hydrogens (primary N) is 1. The zero-order valence-corrected chi connectivity index (χ0v) is 32.9. The van der Waals surface area contributed by atoms with Gasteiger partial charge in [0.25, 0.3) is 0 Å². The molecule has 296 valence electrons. The summed E-state index contributed by atoms with van der Waals surface area (Å²) in [5.41, 5.74) is 10.6. The molecule has 0 radical (unpaired) electrons. The van der Waals surface area contributed by atoms with E-state index in [0.29, 0.717) is 36.0 Å². The third-order valence-corrected chi connectivity index (χ3v) is 11.5. The third kappa shape index (κ3) is 8.63. The van der Waals surface area contributed by atoms with Gasteiger partial charge in [-0.2, -0.15) is 0 Å². The number of hydrogen-bond donors (Lipinski definition) is 3. The fourth-order valence-electron chi connectivity index (χ4n) is 8.04. The molecule has 0 unspecified atom stereocenters. The second-order valence-electron chi connectivity index (χ2n) is 16.5. The van der Waals surface area contributed by atoms with Crippen molar-refractivity contribution in [3.8, 4) is 11.5 Å². The highest BCUT2D eigenvalue weighted by Crippen LogP contribution is 2.50. The Morgan fingerprint density at radius 2 is 1.80 bits per heavy atom. The van der Waals surface area contributed by atoms with Crippen molar-refractivity contribution in [2.45, 2.75) is 83.4 Å². The van der Waals surface area contributed by atoms with Crippen molar-refractivity contribution >= 4 is 29.1 Å². The molecular weight excluding hydrogens is 707 g/mol. The number of carbonyl (C=O) groups is 1. The number of fused-ring (bicyclic) bond motifs is 2. The van der Waals surface area contributed by atoms with Crippen LogP contribution in [-0.2, 0) is 4.74 Å². The molecule has 4 aliphatic rings. The predicted octanol–water partition coefficient (Wildman–Crippen LogP) is 6.84. The quantitative estimate of drug-likeness (QED) is 0.117. The third-order valence-electron chi connectivity index (χ3n) is 11.5. The van der Waals surface area contributed by atoms with Gasteiger partial charge in [-0.1, -0.05) is 51.1 Å². The number of aliphatic imine (C=N–C) groups is 1. The Morgan fingerprint density at radius 1 is 0.982 bits per heavy atom. The van der Waals surface area contributed by atoms with Gasteiger partial charge in [0.15, 0.2) is 5.65 Å². The summed E-state index contributed by atoms with van der Waals surface area (Å²) in [6.07, 6.45) is 11.1. The number of pyridine rings is 1. The maximum atomic E-state index is 13.7. The van der Waals surface area contributed by atoms with Crippen LogP contribution in [0.25, 0.3) is 5.65 Å². The molecule has 2 aromatic carbocycles. The van der Waals surface area contributed by atoms with Crippen molar-refractivity contribution in [2.24, 2.45) is 16.1 Å². The van der Waals surface area contributed by atoms with E-state index in [1.807, 2.05) is 75.5 Å². The lowest BCUT2D eigenvalue weighted by Gasteiger charge is -2.36. The van der Waals surface area contributed by atoms with Gasteiger partial charge in [-0.05, 0) is 80.3 Å². The first-order chi connectivity index (χ1) is 27.1. The molecule has 2 atom stereocenters. The highest BCUT2D eigenvalue weighted by Gasteiger charge is 2.50. The van der Waals surface area contributed by atoms with E-state index in [0.717, 1.165) is 74.3 Å². The number of benzene rings is 2. The summed E-state index contributed by atoms with van der Waals surface area (Å²) in [4.78, 5) is 23.4. The molecule has 56 heavy (non-hydrogen) atoms. The lowest BCUT2D eigenvalue weighted by atomic mass is 9.85. The fraction of sp³-hybridized carbons (Fsp3) is 0.488. The van der Waals surface area contributed by atoms with Gasteiger partial charge in [0.2, 0.25) is 5.95 Å². The number of anilines is 1. The molecule has 1 spiro atoms. The van der Waals surface area contributed by atoms with Gasteiger partial charge in [0.05, 0.1) is 31.1 Å². The van der Waals surface area contributed by atoms with Crippen LogP contribution in [-0.4, -0.2) is 82.9 Å². The van der Waals surface area contributed by atoms with Gasteiger partial charge in [0.1, 0.15) is 30.0 Å². The number of amides is 2. The SMILES string of the molecule is CC(C)(C)/C(N)=C/C(=Nc1cccc(OCCN2CCOCC2)c1)NC(=O)N[C@H]1CC[C@@H](Oc2ccc3nnc(N4CCCCC45CC5)n3c2)c2ccccc21. The van der Waals surface area contributed by atoms with Crippen LogP contribution in [0.1, 0.15) is 89.0 Å². The number of aromatic nitrogens is 3. The van der Waals surface area contributed by atoms with Crippen LogP contribution >= 0.6 is 0 Å². The minimum atomic E-state index is -0.365. The van der Waals surface area contributed by atoms with Gasteiger partial charge in [-0.25, -0.2) is 9.79 Å². The minimum absolute atomic E-state index is 0.176. The van der Waals surface area contributed by atoms with Crippen molar-refractivity contribution in [3.05, 3.63) is 89.8 Å². The maximum Gasteiger partial charge on any atom is 0.320 e. The van der Waals surface area contributed by atoms with E-state index in [1.165, 1.54) is 32.1 Å². The maximum absolute atomic E-state index is 13.7. The number of piperidine rings is 1. The van der Waals surface area contributed by atoms with E-state index in [9.17, 15) is 4.79 Å². The minimum Gasteiger partial charge on any atom is -0.492 e. The van der Waals surface area contributed by atoms with Gasteiger partial charge in [-0.3, -0.25) is 14.6 Å². The number of hydrogen-bond acceptors (Lipinski definition) is 10. The lowest BCUT2D eigenvalue weighted by Crippen LogP contribution is -2.42. The molecule has 3 fully saturated rings. The number of nitrogens with one attached hydrogen (secondary N) is 2. The fourth-order valence-corrected chi connectivity index (χ4v) is 8.04. The monoisotopic (exact) mass is 761 g/mol. The van der Waals surface area contributed by atoms with Crippen molar-refractivity contribution in [3.63, 3.8) is 0 Å². The number of rotatable bonds is 10. The van der Waals surface area contributed by atoms with Crippen LogP contribution in [0.15, 0.2) is 83.6 Å². The topological polar surface area (TPSA) is 144 Å². The van der Waals surface area contributed by atoms with Crippen molar-refractivity contribution in [1.82, 2.24) is 30.1 Å². The van der Waals surface area contributed by atoms with Crippen LogP contribution in [0.5, 0.6) is 11.5 Å². The Hall–Kier alpha value is -5.14. The molecule has 4 heterocycles. The first kappa shape index (κ1) is 37.8. The Morgan fingerprint density at radius 3 is 2.61 bits per heavy atom. The van der Waals surface area contributed by atoms with E-state index in [1.54, 1.807) is 6.08 Å². The second kappa shape index (κ2) is 16.1. The summed E-state index contributed by atoms with van der Waals surface area (Å²) >= 11 is 0. The van der Waals surface area contributed by atoms with Crippen LogP contribution in [0.2, 0.25) is 0 Å². The van der Waals surface area contributed by atoms with E-state index in [2.05, 4.69) is 47.2 Å². The van der Waals surface area contributed by atoms with E-state index in [-0.39, 0.29) is 29.1 Å². The van der Waals surface area contributed by atoms with Crippen LogP contribution in [0, 0.1) is 5.41 Å². The van der Waals surface area contributed by atoms with Crippen LogP contribution < -0.4 is 30.7 Å². The molecule has 0 bridgehead atoms. The number of nitrogens with zero attached hydrogens (tertiary/aromatic N) is 6. The van der Waals surface area contributed by atoms with Gasteiger partial charge in [0, 0.05) is 55.0 Å². The number of urea groups is 1. The smallest absolute Gasteiger partial charge is 0.320 e. The molecule has 4 N–H and O–H groups in total. The number of allylic oxidation sites excluding steroid dienone is 1. The molecule has 2 saturated heterocycles. The van der Waals surface area contributed by atoms with Crippen molar-refractivity contribution < 1.29 is 19.0 Å². The first-order valence-electron chi connectivity index (χ1n) is 20.2.